The van der Waals surface area contributed by atoms with Gasteiger partial charge < -0.3 is 16.2 Å². The lowest BCUT2D eigenvalue weighted by Crippen LogP contribution is -2.41. The van der Waals surface area contributed by atoms with E-state index in [-0.39, 0.29) is 11.9 Å². The van der Waals surface area contributed by atoms with Gasteiger partial charge in [0.25, 0.3) is 0 Å². The Morgan fingerprint density at radius 3 is 2.41 bits per heavy atom. The van der Waals surface area contributed by atoms with E-state index in [1.807, 2.05) is 13.8 Å². The molecule has 4 N–H and O–H groups in total. The van der Waals surface area contributed by atoms with Gasteiger partial charge in [0.1, 0.15) is 0 Å². The van der Waals surface area contributed by atoms with Crippen molar-refractivity contribution in [3.8, 4) is 0 Å². The number of aryl methyl sites for hydroxylation is 1. The van der Waals surface area contributed by atoms with Gasteiger partial charge in [-0.25, -0.2) is 4.98 Å². The van der Waals surface area contributed by atoms with Crippen LogP contribution in [-0.4, -0.2) is 27.2 Å². The molecule has 0 aromatic carbocycles. The molecule has 0 atom stereocenters. The normalized spacial score (nSPS) is 11.6. The van der Waals surface area contributed by atoms with Gasteiger partial charge >= 0.3 is 0 Å². The minimum absolute atomic E-state index is 0.0140. The molecule has 1 rings (SSSR count). The van der Waals surface area contributed by atoms with Crippen molar-refractivity contribution in [3.05, 3.63) is 11.0 Å². The van der Waals surface area contributed by atoms with E-state index in [1.165, 1.54) is 0 Å². The third-order valence-corrected chi connectivity index (χ3v) is 3.32. The standard InChI is InChI=1S/C11H19ClN4O/c1-4-11(5-2,6-17)16-9-8(13)7(3)14-10(12)15-9/h17H,4-6,13H2,1-3H3,(H,14,15,16). The van der Waals surface area contributed by atoms with Crippen molar-refractivity contribution in [2.24, 2.45) is 0 Å². The molecule has 0 fully saturated rings. The molecule has 0 spiro atoms. The van der Waals surface area contributed by atoms with Crippen LogP contribution in [0.4, 0.5) is 11.5 Å². The highest BCUT2D eigenvalue weighted by Crippen LogP contribution is 2.27. The highest BCUT2D eigenvalue weighted by Gasteiger charge is 2.26. The Bertz CT molecular complexity index is 385. The van der Waals surface area contributed by atoms with Crippen molar-refractivity contribution < 1.29 is 5.11 Å². The number of aliphatic hydroxyl groups excluding tert-OH is 1. The van der Waals surface area contributed by atoms with E-state index in [0.29, 0.717) is 17.2 Å². The molecule has 0 saturated heterocycles. The molecule has 0 bridgehead atoms. The van der Waals surface area contributed by atoms with Crippen LogP contribution in [0.3, 0.4) is 0 Å². The quantitative estimate of drug-likeness (QED) is 0.704. The maximum atomic E-state index is 9.49. The summed E-state index contributed by atoms with van der Waals surface area (Å²) in [6, 6.07) is 0. The Hall–Kier alpha value is -1.07. The molecule has 1 aromatic rings. The zero-order valence-electron chi connectivity index (χ0n) is 10.4. The average Bonchev–Trinajstić information content (AvgIpc) is 2.32. The molecule has 0 saturated carbocycles. The highest BCUT2D eigenvalue weighted by atomic mass is 35.5. The maximum absolute atomic E-state index is 9.49. The first-order valence-electron chi connectivity index (χ1n) is 5.66. The molecule has 1 heterocycles. The van der Waals surface area contributed by atoms with E-state index in [9.17, 15) is 5.11 Å². The molecular formula is C11H19ClN4O. The van der Waals surface area contributed by atoms with Gasteiger partial charge in [-0.2, -0.15) is 4.98 Å². The molecule has 0 aliphatic rings. The molecule has 5 nitrogen and oxygen atoms in total. The summed E-state index contributed by atoms with van der Waals surface area (Å²) in [7, 11) is 0. The van der Waals surface area contributed by atoms with E-state index < -0.39 is 5.54 Å². The predicted octanol–water partition coefficient (Wildman–Crippen LogP) is 1.98. The summed E-state index contributed by atoms with van der Waals surface area (Å²) in [6.07, 6.45) is 1.53. The Morgan fingerprint density at radius 1 is 1.35 bits per heavy atom. The second kappa shape index (κ2) is 5.51. The maximum Gasteiger partial charge on any atom is 0.224 e. The topological polar surface area (TPSA) is 84.1 Å². The average molecular weight is 259 g/mol. The highest BCUT2D eigenvalue weighted by molar-refractivity contribution is 6.28. The van der Waals surface area contributed by atoms with Gasteiger partial charge in [-0.3, -0.25) is 0 Å². The monoisotopic (exact) mass is 258 g/mol. The van der Waals surface area contributed by atoms with Crippen LogP contribution >= 0.6 is 11.6 Å². The fourth-order valence-electron chi connectivity index (χ4n) is 1.58. The van der Waals surface area contributed by atoms with E-state index in [0.717, 1.165) is 12.8 Å². The number of rotatable bonds is 5. The van der Waals surface area contributed by atoms with Crippen LogP contribution in [0.2, 0.25) is 5.28 Å². The van der Waals surface area contributed by atoms with Crippen LogP contribution in [0, 0.1) is 6.92 Å². The van der Waals surface area contributed by atoms with Crippen LogP contribution < -0.4 is 11.1 Å². The summed E-state index contributed by atoms with van der Waals surface area (Å²) in [5.41, 5.74) is 6.57. The summed E-state index contributed by atoms with van der Waals surface area (Å²) >= 11 is 5.80. The zero-order valence-corrected chi connectivity index (χ0v) is 11.2. The molecule has 0 amide bonds. The van der Waals surface area contributed by atoms with Gasteiger partial charge in [-0.05, 0) is 31.4 Å². The van der Waals surface area contributed by atoms with Crippen LogP contribution in [0.1, 0.15) is 32.4 Å². The minimum Gasteiger partial charge on any atom is -0.394 e. The van der Waals surface area contributed by atoms with Gasteiger partial charge in [0, 0.05) is 0 Å². The van der Waals surface area contributed by atoms with Crippen molar-refractivity contribution in [3.63, 3.8) is 0 Å². The van der Waals surface area contributed by atoms with E-state index in [4.69, 9.17) is 17.3 Å². The van der Waals surface area contributed by atoms with Crippen LogP contribution in [0.5, 0.6) is 0 Å². The number of hydrogen-bond acceptors (Lipinski definition) is 5. The lowest BCUT2D eigenvalue weighted by atomic mass is 9.94. The Balaban J connectivity index is 3.09. The molecule has 96 valence electrons. The second-order valence-electron chi connectivity index (χ2n) is 4.11. The van der Waals surface area contributed by atoms with Crippen molar-refractivity contribution in [2.75, 3.05) is 17.7 Å². The Kier molecular flexibility index (Phi) is 4.54. The first-order valence-corrected chi connectivity index (χ1v) is 6.04. The first kappa shape index (κ1) is 14.0. The molecule has 0 aliphatic heterocycles. The van der Waals surface area contributed by atoms with Gasteiger partial charge in [0.05, 0.1) is 23.5 Å². The van der Waals surface area contributed by atoms with Gasteiger partial charge in [0.15, 0.2) is 5.82 Å². The number of hydrogen-bond donors (Lipinski definition) is 3. The summed E-state index contributed by atoms with van der Waals surface area (Å²) in [4.78, 5) is 8.04. The predicted molar refractivity (Wildman–Crippen MR) is 70.2 cm³/mol. The number of nitrogen functional groups attached to an aromatic ring is 1. The van der Waals surface area contributed by atoms with Crippen molar-refractivity contribution in [1.82, 2.24) is 9.97 Å². The third kappa shape index (κ3) is 2.98. The summed E-state index contributed by atoms with van der Waals surface area (Å²) in [5.74, 6) is 0.486. The SMILES string of the molecule is CCC(CC)(CO)Nc1nc(Cl)nc(C)c1N. The first-order chi connectivity index (χ1) is 7.98. The molecular weight excluding hydrogens is 240 g/mol. The lowest BCUT2D eigenvalue weighted by molar-refractivity contribution is 0.202. The number of nitrogens with zero attached hydrogens (tertiary/aromatic N) is 2. The van der Waals surface area contributed by atoms with E-state index >= 15 is 0 Å². The Morgan fingerprint density at radius 2 is 1.94 bits per heavy atom. The fourth-order valence-corrected chi connectivity index (χ4v) is 1.80. The van der Waals surface area contributed by atoms with Crippen LogP contribution in [0.15, 0.2) is 0 Å². The smallest absolute Gasteiger partial charge is 0.224 e. The summed E-state index contributed by atoms with van der Waals surface area (Å²) in [6.45, 7) is 5.78. The second-order valence-corrected chi connectivity index (χ2v) is 4.45. The molecule has 6 heteroatoms. The van der Waals surface area contributed by atoms with Gasteiger partial charge in [0.2, 0.25) is 5.28 Å². The van der Waals surface area contributed by atoms with Crippen LogP contribution in [-0.2, 0) is 0 Å². The van der Waals surface area contributed by atoms with Gasteiger partial charge in [-0.1, -0.05) is 13.8 Å². The number of anilines is 2. The number of aromatic nitrogens is 2. The number of nitrogens with one attached hydrogen (secondary N) is 1. The molecule has 0 aliphatic carbocycles. The van der Waals surface area contributed by atoms with Crippen molar-refractivity contribution in [2.45, 2.75) is 39.2 Å². The third-order valence-electron chi connectivity index (χ3n) is 3.15. The number of aliphatic hydroxyl groups is 1. The Labute approximate surface area is 106 Å². The van der Waals surface area contributed by atoms with Crippen LogP contribution in [0.25, 0.3) is 0 Å². The van der Waals surface area contributed by atoms with Gasteiger partial charge in [-0.15, -0.1) is 0 Å². The lowest BCUT2D eigenvalue weighted by Gasteiger charge is -2.31. The number of halogens is 1. The van der Waals surface area contributed by atoms with E-state index in [2.05, 4.69) is 15.3 Å². The molecule has 0 radical (unpaired) electrons. The van der Waals surface area contributed by atoms with Crippen molar-refractivity contribution in [1.29, 1.82) is 0 Å². The zero-order chi connectivity index (χ0) is 13.1. The molecule has 1 aromatic heterocycles. The minimum atomic E-state index is -0.418. The molecule has 0 unspecified atom stereocenters. The molecule has 17 heavy (non-hydrogen) atoms. The van der Waals surface area contributed by atoms with Crippen molar-refractivity contribution >= 4 is 23.1 Å². The largest absolute Gasteiger partial charge is 0.394 e. The summed E-state index contributed by atoms with van der Waals surface area (Å²) in [5, 5.41) is 12.8. The fraction of sp³-hybridized carbons (Fsp3) is 0.636. The summed E-state index contributed by atoms with van der Waals surface area (Å²) < 4.78 is 0. The number of nitrogens with two attached hydrogens (primary N) is 1. The van der Waals surface area contributed by atoms with E-state index in [1.54, 1.807) is 6.92 Å².